The van der Waals surface area contributed by atoms with E-state index in [2.05, 4.69) is 43.4 Å². The van der Waals surface area contributed by atoms with Crippen molar-refractivity contribution < 1.29 is 4.74 Å². The Morgan fingerprint density at radius 3 is 2.56 bits per heavy atom. The summed E-state index contributed by atoms with van der Waals surface area (Å²) in [6.07, 6.45) is 1.00. The van der Waals surface area contributed by atoms with Gasteiger partial charge in [-0.05, 0) is 24.4 Å². The predicted molar refractivity (Wildman–Crippen MR) is 68.7 cm³/mol. The fraction of sp³-hybridized carbons (Fsp3) is 0.571. The highest BCUT2D eigenvalue weighted by Gasteiger charge is 1.94. The molecule has 16 heavy (non-hydrogen) atoms. The Labute approximate surface area is 99.0 Å². The van der Waals surface area contributed by atoms with Gasteiger partial charge in [0.05, 0.1) is 13.2 Å². The van der Waals surface area contributed by atoms with Crippen molar-refractivity contribution in [2.75, 3.05) is 26.3 Å². The van der Waals surface area contributed by atoms with Gasteiger partial charge < -0.3 is 10.1 Å². The monoisotopic (exact) mass is 221 g/mol. The highest BCUT2D eigenvalue weighted by molar-refractivity contribution is 5.14. The van der Waals surface area contributed by atoms with Crippen molar-refractivity contribution >= 4 is 0 Å². The fourth-order valence-corrected chi connectivity index (χ4v) is 1.47. The van der Waals surface area contributed by atoms with E-state index in [0.29, 0.717) is 5.92 Å². The Morgan fingerprint density at radius 2 is 1.88 bits per heavy atom. The topological polar surface area (TPSA) is 21.3 Å². The smallest absolute Gasteiger partial charge is 0.0591 e. The maximum Gasteiger partial charge on any atom is 0.0591 e. The lowest BCUT2D eigenvalue weighted by atomic mass is 10.2. The van der Waals surface area contributed by atoms with Crippen LogP contribution in [0.1, 0.15) is 19.4 Å². The first kappa shape index (κ1) is 13.2. The molecule has 0 aromatic heterocycles. The minimum absolute atomic E-state index is 0.712. The molecule has 0 bridgehead atoms. The maximum atomic E-state index is 5.56. The Hall–Kier alpha value is -0.860. The van der Waals surface area contributed by atoms with Gasteiger partial charge in [0, 0.05) is 6.54 Å². The first-order valence-electron chi connectivity index (χ1n) is 6.11. The summed E-state index contributed by atoms with van der Waals surface area (Å²) in [5, 5.41) is 3.36. The van der Waals surface area contributed by atoms with Crippen LogP contribution >= 0.6 is 0 Å². The van der Waals surface area contributed by atoms with Crippen LogP contribution in [0.2, 0.25) is 0 Å². The lowest BCUT2D eigenvalue weighted by Gasteiger charge is -2.08. The third-order valence-electron chi connectivity index (χ3n) is 2.35. The van der Waals surface area contributed by atoms with Gasteiger partial charge in [-0.3, -0.25) is 0 Å². The molecule has 0 saturated heterocycles. The number of benzene rings is 1. The van der Waals surface area contributed by atoms with Crippen molar-refractivity contribution in [3.8, 4) is 0 Å². The maximum absolute atomic E-state index is 5.56. The van der Waals surface area contributed by atoms with Crippen LogP contribution in [0, 0.1) is 5.92 Å². The second-order valence-electron chi connectivity index (χ2n) is 4.45. The van der Waals surface area contributed by atoms with Gasteiger partial charge >= 0.3 is 0 Å². The minimum atomic E-state index is 0.712. The van der Waals surface area contributed by atoms with Crippen molar-refractivity contribution in [3.05, 3.63) is 35.9 Å². The Morgan fingerprint density at radius 1 is 1.12 bits per heavy atom. The molecule has 0 aliphatic rings. The molecule has 0 atom stereocenters. The van der Waals surface area contributed by atoms with Gasteiger partial charge in [0.25, 0.3) is 0 Å². The van der Waals surface area contributed by atoms with Gasteiger partial charge in [-0.15, -0.1) is 0 Å². The molecule has 0 amide bonds. The molecule has 0 fully saturated rings. The van der Waals surface area contributed by atoms with Crippen LogP contribution in [0.5, 0.6) is 0 Å². The molecule has 1 aromatic carbocycles. The van der Waals surface area contributed by atoms with Crippen molar-refractivity contribution in [2.45, 2.75) is 20.3 Å². The van der Waals surface area contributed by atoms with Gasteiger partial charge in [0.15, 0.2) is 0 Å². The number of hydrogen-bond donors (Lipinski definition) is 1. The van der Waals surface area contributed by atoms with E-state index in [1.54, 1.807) is 0 Å². The molecule has 2 nitrogen and oxygen atoms in total. The van der Waals surface area contributed by atoms with E-state index in [0.717, 1.165) is 32.7 Å². The van der Waals surface area contributed by atoms with Gasteiger partial charge in [-0.25, -0.2) is 0 Å². The first-order valence-corrected chi connectivity index (χ1v) is 6.11. The van der Waals surface area contributed by atoms with Crippen LogP contribution < -0.4 is 5.32 Å². The highest BCUT2D eigenvalue weighted by Crippen LogP contribution is 1.99. The number of ether oxygens (including phenoxy) is 1. The van der Waals surface area contributed by atoms with Gasteiger partial charge in [0.1, 0.15) is 0 Å². The molecule has 0 unspecified atom stereocenters. The van der Waals surface area contributed by atoms with E-state index in [1.165, 1.54) is 5.56 Å². The summed E-state index contributed by atoms with van der Waals surface area (Å²) in [6.45, 7) is 8.06. The van der Waals surface area contributed by atoms with Crippen molar-refractivity contribution in [1.29, 1.82) is 0 Å². The van der Waals surface area contributed by atoms with E-state index in [-0.39, 0.29) is 0 Å². The van der Waals surface area contributed by atoms with E-state index in [4.69, 9.17) is 4.74 Å². The van der Waals surface area contributed by atoms with Gasteiger partial charge in [-0.2, -0.15) is 0 Å². The fourth-order valence-electron chi connectivity index (χ4n) is 1.47. The summed E-state index contributed by atoms with van der Waals surface area (Å²) in [5.41, 5.74) is 1.35. The zero-order valence-electron chi connectivity index (χ0n) is 10.4. The van der Waals surface area contributed by atoms with Gasteiger partial charge in [-0.1, -0.05) is 44.2 Å². The first-order chi connectivity index (χ1) is 7.79. The van der Waals surface area contributed by atoms with E-state index < -0.39 is 0 Å². The molecule has 1 aromatic rings. The standard InChI is InChI=1S/C14H23NO/c1-13(2)12-15-9-11-16-10-8-14-6-4-3-5-7-14/h3-7,13,15H,8-12H2,1-2H3. The van der Waals surface area contributed by atoms with E-state index in [1.807, 2.05) is 6.07 Å². The molecule has 0 heterocycles. The molecule has 0 saturated carbocycles. The van der Waals surface area contributed by atoms with E-state index >= 15 is 0 Å². The summed E-state index contributed by atoms with van der Waals surface area (Å²) in [4.78, 5) is 0. The summed E-state index contributed by atoms with van der Waals surface area (Å²) in [7, 11) is 0. The minimum Gasteiger partial charge on any atom is -0.380 e. The van der Waals surface area contributed by atoms with Crippen LogP contribution in [0.4, 0.5) is 0 Å². The van der Waals surface area contributed by atoms with Crippen LogP contribution in [0.25, 0.3) is 0 Å². The van der Waals surface area contributed by atoms with Crippen LogP contribution in [-0.4, -0.2) is 26.3 Å². The zero-order valence-corrected chi connectivity index (χ0v) is 10.4. The second kappa shape index (κ2) is 8.31. The third kappa shape index (κ3) is 6.59. The molecule has 2 heteroatoms. The van der Waals surface area contributed by atoms with Crippen molar-refractivity contribution in [3.63, 3.8) is 0 Å². The van der Waals surface area contributed by atoms with Crippen LogP contribution in [-0.2, 0) is 11.2 Å². The molecular formula is C14H23NO. The third-order valence-corrected chi connectivity index (χ3v) is 2.35. The lowest BCUT2D eigenvalue weighted by molar-refractivity contribution is 0.138. The molecule has 1 rings (SSSR count). The lowest BCUT2D eigenvalue weighted by Crippen LogP contribution is -2.24. The van der Waals surface area contributed by atoms with Gasteiger partial charge in [0.2, 0.25) is 0 Å². The Bertz CT molecular complexity index is 259. The normalized spacial score (nSPS) is 10.9. The largest absolute Gasteiger partial charge is 0.380 e. The number of hydrogen-bond acceptors (Lipinski definition) is 2. The molecule has 0 spiro atoms. The molecular weight excluding hydrogens is 198 g/mol. The second-order valence-corrected chi connectivity index (χ2v) is 4.45. The summed E-state index contributed by atoms with van der Waals surface area (Å²) >= 11 is 0. The van der Waals surface area contributed by atoms with Crippen molar-refractivity contribution in [2.24, 2.45) is 5.92 Å². The molecule has 90 valence electrons. The molecule has 0 radical (unpaired) electrons. The Balaban J connectivity index is 1.93. The van der Waals surface area contributed by atoms with E-state index in [9.17, 15) is 0 Å². The molecule has 0 aliphatic heterocycles. The number of rotatable bonds is 8. The average Bonchev–Trinajstić information content (AvgIpc) is 2.29. The van der Waals surface area contributed by atoms with Crippen LogP contribution in [0.3, 0.4) is 0 Å². The summed E-state index contributed by atoms with van der Waals surface area (Å²) in [5.74, 6) is 0.712. The summed E-state index contributed by atoms with van der Waals surface area (Å²) in [6, 6.07) is 10.5. The zero-order chi connectivity index (χ0) is 11.6. The predicted octanol–water partition coefficient (Wildman–Crippen LogP) is 2.49. The van der Waals surface area contributed by atoms with Crippen LogP contribution in [0.15, 0.2) is 30.3 Å². The molecule has 1 N–H and O–H groups in total. The number of nitrogens with one attached hydrogen (secondary N) is 1. The quantitative estimate of drug-likeness (QED) is 0.681. The molecule has 0 aliphatic carbocycles. The van der Waals surface area contributed by atoms with Crippen molar-refractivity contribution in [1.82, 2.24) is 5.32 Å². The average molecular weight is 221 g/mol. The Kier molecular flexibility index (Phi) is 6.86. The SMILES string of the molecule is CC(C)CNCCOCCc1ccccc1. The summed E-state index contributed by atoms with van der Waals surface area (Å²) < 4.78 is 5.56. The highest BCUT2D eigenvalue weighted by atomic mass is 16.5.